The minimum atomic E-state index is -0.150. The van der Waals surface area contributed by atoms with Crippen molar-refractivity contribution in [1.29, 1.82) is 0 Å². The Kier molecular flexibility index (Phi) is 5.04. The van der Waals surface area contributed by atoms with E-state index in [-0.39, 0.29) is 5.91 Å². The van der Waals surface area contributed by atoms with E-state index in [1.54, 1.807) is 0 Å². The Bertz CT molecular complexity index is 913. The lowest BCUT2D eigenvalue weighted by atomic mass is 10.1. The molecule has 25 heavy (non-hydrogen) atoms. The largest absolute Gasteiger partial charge is 0.304 e. The van der Waals surface area contributed by atoms with Gasteiger partial charge in [-0.25, -0.2) is 0 Å². The molecule has 1 N–H and O–H groups in total. The molecule has 0 spiro atoms. The van der Waals surface area contributed by atoms with Crippen molar-refractivity contribution < 1.29 is 4.79 Å². The Morgan fingerprint density at radius 3 is 2.48 bits per heavy atom. The molecule has 0 saturated carbocycles. The molecule has 3 aromatic rings. The van der Waals surface area contributed by atoms with Gasteiger partial charge in [0.25, 0.3) is 5.91 Å². The van der Waals surface area contributed by atoms with Crippen LogP contribution in [0.1, 0.15) is 32.6 Å². The lowest BCUT2D eigenvalue weighted by molar-refractivity contribution is 0.102. The molecule has 1 amide bonds. The van der Waals surface area contributed by atoms with Crippen molar-refractivity contribution in [3.05, 3.63) is 81.0 Å². The third-order valence-electron chi connectivity index (χ3n) is 4.05. The van der Waals surface area contributed by atoms with Crippen LogP contribution in [0.15, 0.2) is 53.1 Å². The second-order valence-electron chi connectivity index (χ2n) is 6.28. The predicted molar refractivity (Wildman–Crippen MR) is 104 cm³/mol. The Hall–Kier alpha value is -2.40. The molecule has 0 aliphatic heterocycles. The molecule has 0 unspecified atom stereocenters. The van der Waals surface area contributed by atoms with Crippen molar-refractivity contribution in [2.24, 2.45) is 0 Å². The standard InChI is InChI=1S/C20H20BrN3O/c1-13-5-8-16(9-6-13)11-24-12-18(21)19(23-24)22-20(25)17-10-14(2)4-7-15(17)3/h4-10,12H,11H2,1-3H3,(H,22,23,25). The van der Waals surface area contributed by atoms with Crippen LogP contribution in [0.2, 0.25) is 0 Å². The number of carbonyl (C=O) groups is 1. The number of aryl methyl sites for hydroxylation is 3. The molecule has 0 aliphatic carbocycles. The molecule has 128 valence electrons. The van der Waals surface area contributed by atoms with Gasteiger partial charge in [-0.1, -0.05) is 47.5 Å². The van der Waals surface area contributed by atoms with Gasteiger partial charge in [0.1, 0.15) is 0 Å². The average Bonchev–Trinajstić information content (AvgIpc) is 2.91. The molecule has 0 radical (unpaired) electrons. The molecule has 5 heteroatoms. The first-order valence-electron chi connectivity index (χ1n) is 8.09. The summed E-state index contributed by atoms with van der Waals surface area (Å²) < 4.78 is 2.58. The van der Waals surface area contributed by atoms with E-state index in [1.165, 1.54) is 5.56 Å². The summed E-state index contributed by atoms with van der Waals surface area (Å²) in [4.78, 5) is 12.6. The maximum Gasteiger partial charge on any atom is 0.257 e. The Morgan fingerprint density at radius 2 is 1.76 bits per heavy atom. The SMILES string of the molecule is Cc1ccc(Cn2cc(Br)c(NC(=O)c3cc(C)ccc3C)n2)cc1. The van der Waals surface area contributed by atoms with E-state index in [0.717, 1.165) is 21.2 Å². The van der Waals surface area contributed by atoms with E-state index in [0.29, 0.717) is 17.9 Å². The Morgan fingerprint density at radius 1 is 1.08 bits per heavy atom. The molecule has 3 rings (SSSR count). The van der Waals surface area contributed by atoms with E-state index < -0.39 is 0 Å². The van der Waals surface area contributed by atoms with Crippen LogP contribution in [0, 0.1) is 20.8 Å². The molecule has 0 atom stereocenters. The van der Waals surface area contributed by atoms with Crippen LogP contribution in [0.5, 0.6) is 0 Å². The van der Waals surface area contributed by atoms with Gasteiger partial charge < -0.3 is 5.32 Å². The van der Waals surface area contributed by atoms with Crippen LogP contribution in [0.25, 0.3) is 0 Å². The monoisotopic (exact) mass is 397 g/mol. The van der Waals surface area contributed by atoms with Gasteiger partial charge >= 0.3 is 0 Å². The molecule has 1 aromatic heterocycles. The fraction of sp³-hybridized carbons (Fsp3) is 0.200. The van der Waals surface area contributed by atoms with Crippen molar-refractivity contribution in [1.82, 2.24) is 9.78 Å². The maximum atomic E-state index is 12.6. The molecular formula is C20H20BrN3O. The van der Waals surface area contributed by atoms with Gasteiger partial charge in [-0.2, -0.15) is 5.10 Å². The predicted octanol–water partition coefficient (Wildman–Crippen LogP) is 4.87. The second kappa shape index (κ2) is 7.23. The van der Waals surface area contributed by atoms with E-state index >= 15 is 0 Å². The smallest absolute Gasteiger partial charge is 0.257 e. The molecule has 0 bridgehead atoms. The number of amides is 1. The summed E-state index contributed by atoms with van der Waals surface area (Å²) in [6.07, 6.45) is 1.87. The summed E-state index contributed by atoms with van der Waals surface area (Å²) in [5.41, 5.74) is 5.05. The summed E-state index contributed by atoms with van der Waals surface area (Å²) in [7, 11) is 0. The third-order valence-corrected chi connectivity index (χ3v) is 4.63. The van der Waals surface area contributed by atoms with E-state index in [1.807, 2.05) is 42.9 Å². The summed E-state index contributed by atoms with van der Waals surface area (Å²) in [5, 5.41) is 7.38. The number of hydrogen-bond acceptors (Lipinski definition) is 2. The number of hydrogen-bond donors (Lipinski definition) is 1. The van der Waals surface area contributed by atoms with Crippen LogP contribution in [-0.2, 0) is 6.54 Å². The minimum Gasteiger partial charge on any atom is -0.304 e. The zero-order chi connectivity index (χ0) is 18.0. The minimum absolute atomic E-state index is 0.150. The van der Waals surface area contributed by atoms with E-state index in [4.69, 9.17) is 0 Å². The Labute approximate surface area is 156 Å². The molecule has 1 heterocycles. The molecule has 0 fully saturated rings. The van der Waals surface area contributed by atoms with Gasteiger partial charge in [-0.3, -0.25) is 9.48 Å². The van der Waals surface area contributed by atoms with Gasteiger partial charge in [-0.05, 0) is 53.9 Å². The topological polar surface area (TPSA) is 46.9 Å². The molecular weight excluding hydrogens is 378 g/mol. The fourth-order valence-corrected chi connectivity index (χ4v) is 3.01. The van der Waals surface area contributed by atoms with Crippen LogP contribution >= 0.6 is 15.9 Å². The molecule has 2 aromatic carbocycles. The highest BCUT2D eigenvalue weighted by atomic mass is 79.9. The van der Waals surface area contributed by atoms with Crippen molar-refractivity contribution in [3.8, 4) is 0 Å². The van der Waals surface area contributed by atoms with Crippen molar-refractivity contribution in [2.75, 3.05) is 5.32 Å². The number of nitrogens with one attached hydrogen (secondary N) is 1. The highest BCUT2D eigenvalue weighted by molar-refractivity contribution is 9.10. The van der Waals surface area contributed by atoms with Crippen molar-refractivity contribution >= 4 is 27.7 Å². The number of aromatic nitrogens is 2. The van der Waals surface area contributed by atoms with Crippen LogP contribution < -0.4 is 5.32 Å². The summed E-state index contributed by atoms with van der Waals surface area (Å²) in [5.74, 6) is 0.375. The first-order valence-corrected chi connectivity index (χ1v) is 8.89. The van der Waals surface area contributed by atoms with Crippen molar-refractivity contribution in [3.63, 3.8) is 0 Å². The molecule has 0 saturated heterocycles. The molecule has 0 aliphatic rings. The van der Waals surface area contributed by atoms with Crippen LogP contribution in [-0.4, -0.2) is 15.7 Å². The van der Waals surface area contributed by atoms with Crippen molar-refractivity contribution in [2.45, 2.75) is 27.3 Å². The van der Waals surface area contributed by atoms with E-state index in [9.17, 15) is 4.79 Å². The third kappa shape index (κ3) is 4.17. The first-order chi connectivity index (χ1) is 11.9. The number of rotatable bonds is 4. The maximum absolute atomic E-state index is 12.6. The summed E-state index contributed by atoms with van der Waals surface area (Å²) in [6, 6.07) is 14.2. The van der Waals surface area contributed by atoms with Gasteiger partial charge in [0, 0.05) is 11.8 Å². The number of anilines is 1. The van der Waals surface area contributed by atoms with Crippen LogP contribution in [0.3, 0.4) is 0 Å². The zero-order valence-corrected chi connectivity index (χ0v) is 16.1. The first kappa shape index (κ1) is 17.4. The van der Waals surface area contributed by atoms with Gasteiger partial charge in [-0.15, -0.1) is 0 Å². The highest BCUT2D eigenvalue weighted by Crippen LogP contribution is 2.22. The quantitative estimate of drug-likeness (QED) is 0.682. The number of carbonyl (C=O) groups excluding carboxylic acids is 1. The summed E-state index contributed by atoms with van der Waals surface area (Å²) in [6.45, 7) is 6.62. The number of halogens is 1. The lowest BCUT2D eigenvalue weighted by Crippen LogP contribution is -2.14. The zero-order valence-electron chi connectivity index (χ0n) is 14.5. The van der Waals surface area contributed by atoms with Gasteiger partial charge in [0.2, 0.25) is 0 Å². The number of nitrogens with zero attached hydrogens (tertiary/aromatic N) is 2. The lowest BCUT2D eigenvalue weighted by Gasteiger charge is -2.07. The van der Waals surface area contributed by atoms with E-state index in [2.05, 4.69) is 57.5 Å². The second-order valence-corrected chi connectivity index (χ2v) is 7.14. The van der Waals surface area contributed by atoms with Gasteiger partial charge in [0.05, 0.1) is 11.0 Å². The summed E-state index contributed by atoms with van der Waals surface area (Å²) >= 11 is 3.48. The van der Waals surface area contributed by atoms with Crippen LogP contribution in [0.4, 0.5) is 5.82 Å². The van der Waals surface area contributed by atoms with Gasteiger partial charge in [0.15, 0.2) is 5.82 Å². The highest BCUT2D eigenvalue weighted by Gasteiger charge is 2.14. The molecule has 4 nitrogen and oxygen atoms in total. The Balaban J connectivity index is 1.77. The normalized spacial score (nSPS) is 10.7. The number of benzene rings is 2. The average molecular weight is 398 g/mol. The fourth-order valence-electron chi connectivity index (χ4n) is 2.60.